The Balaban J connectivity index is 3.29. The number of rotatable bonds is 3. The van der Waals surface area contributed by atoms with E-state index in [1.54, 1.807) is 0 Å². The molecule has 1 aromatic rings. The Labute approximate surface area is 89.1 Å². The van der Waals surface area contributed by atoms with Gasteiger partial charge in [-0.15, -0.1) is 0 Å². The van der Waals surface area contributed by atoms with Crippen LogP contribution >= 0.6 is 0 Å². The minimum Gasteiger partial charge on any atom is -0.224 e. The molecule has 0 heterocycles. The second-order valence-electron chi connectivity index (χ2n) is 2.96. The molecule has 0 atom stereocenters. The summed E-state index contributed by atoms with van der Waals surface area (Å²) in [6.45, 7) is 3.17. The maximum absolute atomic E-state index is 11.3. The molecule has 0 aliphatic carbocycles. The van der Waals surface area contributed by atoms with Gasteiger partial charge in [-0.05, 0) is 24.3 Å². The Morgan fingerprint density at radius 2 is 1.40 bits per heavy atom. The fourth-order valence-corrected chi connectivity index (χ4v) is 2.31. The molecule has 0 aromatic heterocycles. The number of hydrogen-bond acceptors (Lipinski definition) is 4. The normalized spacial score (nSPS) is 12.3. The van der Waals surface area contributed by atoms with Crippen LogP contribution in [0.2, 0.25) is 0 Å². The van der Waals surface area contributed by atoms with Crippen LogP contribution in [0.15, 0.2) is 46.0 Å². The fourth-order valence-electron chi connectivity index (χ4n) is 0.973. The predicted molar refractivity (Wildman–Crippen MR) is 56.9 cm³/mol. The van der Waals surface area contributed by atoms with Crippen molar-refractivity contribution in [1.29, 1.82) is 0 Å². The molecule has 15 heavy (non-hydrogen) atoms. The van der Waals surface area contributed by atoms with E-state index in [1.807, 2.05) is 0 Å². The van der Waals surface area contributed by atoms with Gasteiger partial charge in [-0.25, -0.2) is 16.8 Å². The summed E-state index contributed by atoms with van der Waals surface area (Å²) in [7, 11) is -6.78. The van der Waals surface area contributed by atoms with Gasteiger partial charge >= 0.3 is 0 Å². The summed E-state index contributed by atoms with van der Waals surface area (Å²) in [5, 5.41) is 0.822. The molecule has 1 rings (SSSR count). The summed E-state index contributed by atoms with van der Waals surface area (Å²) < 4.78 is 44.8. The number of sulfone groups is 2. The second-order valence-corrected chi connectivity index (χ2v) is 6.87. The molecule has 0 fully saturated rings. The topological polar surface area (TPSA) is 68.3 Å². The van der Waals surface area contributed by atoms with E-state index in [4.69, 9.17) is 0 Å². The largest absolute Gasteiger partial charge is 0.224 e. The van der Waals surface area contributed by atoms with Crippen LogP contribution in [0.4, 0.5) is 0 Å². The Morgan fingerprint density at radius 1 is 1.00 bits per heavy atom. The summed E-state index contributed by atoms with van der Waals surface area (Å²) in [6, 6.07) is 5.00. The van der Waals surface area contributed by atoms with Gasteiger partial charge in [-0.3, -0.25) is 0 Å². The first-order valence-corrected chi connectivity index (χ1v) is 7.39. The highest BCUT2D eigenvalue weighted by Gasteiger charge is 2.11. The summed E-state index contributed by atoms with van der Waals surface area (Å²) in [6.07, 6.45) is 1.06. The smallest absolute Gasteiger partial charge is 0.199 e. The summed E-state index contributed by atoms with van der Waals surface area (Å²) in [5.74, 6) is 0. The third-order valence-electron chi connectivity index (χ3n) is 1.80. The van der Waals surface area contributed by atoms with Crippen molar-refractivity contribution in [3.8, 4) is 0 Å². The van der Waals surface area contributed by atoms with Crippen molar-refractivity contribution in [1.82, 2.24) is 0 Å². The molecular formula is C9H10O4S2. The van der Waals surface area contributed by atoms with Gasteiger partial charge < -0.3 is 0 Å². The third-order valence-corrected chi connectivity index (χ3v) is 4.30. The molecular weight excluding hydrogens is 236 g/mol. The van der Waals surface area contributed by atoms with Crippen molar-refractivity contribution in [3.63, 3.8) is 0 Å². The molecule has 0 bridgehead atoms. The number of hydrogen-bond donors (Lipinski definition) is 0. The van der Waals surface area contributed by atoms with Crippen molar-refractivity contribution >= 4 is 19.7 Å². The van der Waals surface area contributed by atoms with Gasteiger partial charge in [-0.1, -0.05) is 6.58 Å². The lowest BCUT2D eigenvalue weighted by atomic mass is 10.4. The standard InChI is InChI=1S/C9H10O4S2/c1-3-15(12,13)9-6-4-8(5-7-9)14(2,10)11/h3-7H,1H2,2H3. The average molecular weight is 246 g/mol. The Hall–Kier alpha value is -1.14. The molecule has 0 aliphatic rings. The van der Waals surface area contributed by atoms with Crippen LogP contribution in [0, 0.1) is 0 Å². The maximum Gasteiger partial charge on any atom is 0.199 e. The minimum absolute atomic E-state index is 0.0323. The molecule has 1 aromatic carbocycles. The average Bonchev–Trinajstić information content (AvgIpc) is 2.17. The van der Waals surface area contributed by atoms with E-state index in [-0.39, 0.29) is 9.79 Å². The van der Waals surface area contributed by atoms with Crippen LogP contribution in [0.3, 0.4) is 0 Å². The van der Waals surface area contributed by atoms with E-state index in [0.29, 0.717) is 0 Å². The van der Waals surface area contributed by atoms with Crippen molar-refractivity contribution in [3.05, 3.63) is 36.3 Å². The molecule has 0 saturated heterocycles. The van der Waals surface area contributed by atoms with Crippen LogP contribution in [0.5, 0.6) is 0 Å². The van der Waals surface area contributed by atoms with Crippen LogP contribution < -0.4 is 0 Å². The van der Waals surface area contributed by atoms with Crippen molar-refractivity contribution in [2.24, 2.45) is 0 Å². The van der Waals surface area contributed by atoms with Crippen molar-refractivity contribution in [2.75, 3.05) is 6.26 Å². The molecule has 4 nitrogen and oxygen atoms in total. The summed E-state index contributed by atoms with van der Waals surface area (Å²) in [4.78, 5) is 0.121. The fraction of sp³-hybridized carbons (Fsp3) is 0.111. The van der Waals surface area contributed by atoms with Gasteiger partial charge in [0.15, 0.2) is 19.7 Å². The van der Waals surface area contributed by atoms with Gasteiger partial charge in [0, 0.05) is 11.7 Å². The highest BCUT2D eigenvalue weighted by atomic mass is 32.2. The Bertz CT molecular complexity index is 565. The molecule has 6 heteroatoms. The van der Waals surface area contributed by atoms with Crippen LogP contribution in [-0.4, -0.2) is 23.1 Å². The van der Waals surface area contributed by atoms with Gasteiger partial charge in [0.2, 0.25) is 0 Å². The molecule has 0 aliphatic heterocycles. The minimum atomic E-state index is -3.49. The van der Waals surface area contributed by atoms with Gasteiger partial charge in [0.1, 0.15) is 0 Å². The highest BCUT2D eigenvalue weighted by Crippen LogP contribution is 2.15. The molecule has 82 valence electrons. The van der Waals surface area contributed by atoms with Gasteiger partial charge in [0.25, 0.3) is 0 Å². The molecule has 0 N–H and O–H groups in total. The van der Waals surface area contributed by atoms with E-state index in [0.717, 1.165) is 11.7 Å². The Morgan fingerprint density at radius 3 is 1.73 bits per heavy atom. The van der Waals surface area contributed by atoms with E-state index in [9.17, 15) is 16.8 Å². The second kappa shape index (κ2) is 3.79. The highest BCUT2D eigenvalue weighted by molar-refractivity contribution is 7.94. The SMILES string of the molecule is C=CS(=O)(=O)c1ccc(S(C)(=O)=O)cc1. The Kier molecular flexibility index (Phi) is 3.01. The summed E-state index contributed by atoms with van der Waals surface area (Å²) in [5.41, 5.74) is 0. The first-order valence-electron chi connectivity index (χ1n) is 3.95. The van der Waals surface area contributed by atoms with E-state index in [2.05, 4.69) is 6.58 Å². The predicted octanol–water partition coefficient (Wildman–Crippen LogP) is 1.01. The zero-order chi connectivity index (χ0) is 11.7. The van der Waals surface area contributed by atoms with E-state index >= 15 is 0 Å². The van der Waals surface area contributed by atoms with Crippen LogP contribution in [0.1, 0.15) is 0 Å². The maximum atomic E-state index is 11.3. The van der Waals surface area contributed by atoms with Gasteiger partial charge in [-0.2, -0.15) is 0 Å². The lowest BCUT2D eigenvalue weighted by Crippen LogP contribution is -1.99. The first-order chi connectivity index (χ1) is 6.77. The first kappa shape index (κ1) is 11.9. The molecule has 0 spiro atoms. The van der Waals surface area contributed by atoms with E-state index in [1.165, 1.54) is 24.3 Å². The number of benzene rings is 1. The monoisotopic (exact) mass is 246 g/mol. The van der Waals surface area contributed by atoms with E-state index < -0.39 is 19.7 Å². The quantitative estimate of drug-likeness (QED) is 0.798. The lowest BCUT2D eigenvalue weighted by Gasteiger charge is -2.00. The van der Waals surface area contributed by atoms with Crippen molar-refractivity contribution in [2.45, 2.75) is 9.79 Å². The third kappa shape index (κ3) is 2.66. The van der Waals surface area contributed by atoms with Crippen LogP contribution in [-0.2, 0) is 19.7 Å². The zero-order valence-electron chi connectivity index (χ0n) is 8.04. The summed E-state index contributed by atoms with van der Waals surface area (Å²) >= 11 is 0. The van der Waals surface area contributed by atoms with Crippen molar-refractivity contribution < 1.29 is 16.8 Å². The van der Waals surface area contributed by atoms with Crippen LogP contribution in [0.25, 0.3) is 0 Å². The lowest BCUT2D eigenvalue weighted by molar-refractivity contribution is 0.599. The van der Waals surface area contributed by atoms with Gasteiger partial charge in [0.05, 0.1) is 9.79 Å². The molecule has 0 unspecified atom stereocenters. The molecule has 0 saturated carbocycles. The molecule has 0 radical (unpaired) electrons. The molecule has 0 amide bonds. The zero-order valence-corrected chi connectivity index (χ0v) is 9.68.